The fourth-order valence-corrected chi connectivity index (χ4v) is 2.80. The van der Waals surface area contributed by atoms with Gasteiger partial charge < -0.3 is 4.74 Å². The largest absolute Gasteiger partial charge is 0.496 e. The molecule has 0 heterocycles. The Bertz CT molecular complexity index is 629. The Morgan fingerprint density at radius 3 is 2.62 bits per heavy atom. The highest BCUT2D eigenvalue weighted by Gasteiger charge is 2.10. The predicted octanol–water partition coefficient (Wildman–Crippen LogP) is 4.39. The minimum absolute atomic E-state index is 0.0601. The van der Waals surface area contributed by atoms with E-state index in [0.717, 1.165) is 10.5 Å². The lowest BCUT2D eigenvalue weighted by atomic mass is 10.1. The van der Waals surface area contributed by atoms with Crippen LogP contribution in [0.3, 0.4) is 0 Å². The Balaban J connectivity index is 1.95. The van der Waals surface area contributed by atoms with Gasteiger partial charge in [-0.3, -0.25) is 4.79 Å². The van der Waals surface area contributed by atoms with Gasteiger partial charge in [0.2, 0.25) is 0 Å². The number of methoxy groups -OCH3 is 1. The molecule has 0 aromatic heterocycles. The van der Waals surface area contributed by atoms with Crippen LogP contribution in [0.15, 0.2) is 47.4 Å². The highest BCUT2D eigenvalue weighted by atomic mass is 35.5. The molecule has 5 heteroatoms. The summed E-state index contributed by atoms with van der Waals surface area (Å²) in [5.74, 6) is 0.750. The van der Waals surface area contributed by atoms with Gasteiger partial charge in [-0.2, -0.15) is 0 Å². The van der Waals surface area contributed by atoms with E-state index in [1.165, 1.54) is 23.9 Å². The normalized spacial score (nSPS) is 10.4. The molecule has 0 aliphatic rings. The van der Waals surface area contributed by atoms with E-state index in [1.54, 1.807) is 37.4 Å². The molecule has 0 saturated carbocycles. The van der Waals surface area contributed by atoms with E-state index in [-0.39, 0.29) is 18.0 Å². The van der Waals surface area contributed by atoms with Crippen molar-refractivity contribution >= 4 is 29.1 Å². The summed E-state index contributed by atoms with van der Waals surface area (Å²) in [5, 5.41) is 0.574. The summed E-state index contributed by atoms with van der Waals surface area (Å²) in [4.78, 5) is 12.9. The number of ether oxygens (including phenoxy) is 1. The van der Waals surface area contributed by atoms with E-state index in [2.05, 4.69) is 0 Å². The fourth-order valence-electron chi connectivity index (χ4n) is 1.84. The number of ketones is 1. The van der Waals surface area contributed by atoms with Crippen LogP contribution < -0.4 is 4.74 Å². The summed E-state index contributed by atoms with van der Waals surface area (Å²) in [6.45, 7) is 0. The van der Waals surface area contributed by atoms with Crippen molar-refractivity contribution in [3.05, 3.63) is 58.9 Å². The van der Waals surface area contributed by atoms with Gasteiger partial charge in [-0.25, -0.2) is 4.39 Å². The topological polar surface area (TPSA) is 26.3 Å². The number of rotatable bonds is 6. The van der Waals surface area contributed by atoms with Crippen molar-refractivity contribution in [3.8, 4) is 5.75 Å². The average molecular weight is 325 g/mol. The van der Waals surface area contributed by atoms with Crippen molar-refractivity contribution in [2.24, 2.45) is 0 Å². The second-order valence-electron chi connectivity index (χ2n) is 4.41. The zero-order chi connectivity index (χ0) is 15.2. The van der Waals surface area contributed by atoms with E-state index in [0.29, 0.717) is 16.5 Å². The van der Waals surface area contributed by atoms with E-state index in [4.69, 9.17) is 16.3 Å². The molecule has 0 aliphatic carbocycles. The number of halogens is 2. The highest BCUT2D eigenvalue weighted by Crippen LogP contribution is 2.24. The minimum atomic E-state index is -0.283. The Morgan fingerprint density at radius 2 is 1.95 bits per heavy atom. The first kappa shape index (κ1) is 15.9. The standard InChI is InChI=1S/C16H14ClFO2S/c1-20-16-7-2-12(17)8-11(16)9-14(19)10-21-15-5-3-13(18)4-6-15/h2-8H,9-10H2,1H3. The quantitative estimate of drug-likeness (QED) is 0.737. The summed E-state index contributed by atoms with van der Waals surface area (Å²) in [6.07, 6.45) is 0.262. The molecular formula is C16H14ClFO2S. The minimum Gasteiger partial charge on any atom is -0.496 e. The van der Waals surface area contributed by atoms with Crippen molar-refractivity contribution in [3.63, 3.8) is 0 Å². The van der Waals surface area contributed by atoms with Gasteiger partial charge in [0, 0.05) is 21.9 Å². The Kier molecular flexibility index (Phi) is 5.65. The average Bonchev–Trinajstić information content (AvgIpc) is 2.47. The molecule has 0 aliphatic heterocycles. The second-order valence-corrected chi connectivity index (χ2v) is 5.90. The molecule has 0 radical (unpaired) electrons. The summed E-state index contributed by atoms with van der Waals surface area (Å²) >= 11 is 7.32. The van der Waals surface area contributed by atoms with Crippen molar-refractivity contribution in [2.45, 2.75) is 11.3 Å². The van der Waals surface area contributed by atoms with E-state index < -0.39 is 0 Å². The third-order valence-electron chi connectivity index (χ3n) is 2.84. The first-order valence-electron chi connectivity index (χ1n) is 6.31. The molecule has 0 bridgehead atoms. The molecule has 2 aromatic carbocycles. The van der Waals surface area contributed by atoms with Gasteiger partial charge in [0.15, 0.2) is 0 Å². The first-order chi connectivity index (χ1) is 10.1. The van der Waals surface area contributed by atoms with Gasteiger partial charge in [0.1, 0.15) is 17.3 Å². The molecule has 110 valence electrons. The van der Waals surface area contributed by atoms with Crippen molar-refractivity contribution in [2.75, 3.05) is 12.9 Å². The maximum atomic E-state index is 12.8. The smallest absolute Gasteiger partial charge is 0.147 e. The zero-order valence-corrected chi connectivity index (χ0v) is 13.0. The third-order valence-corrected chi connectivity index (χ3v) is 4.15. The molecule has 2 aromatic rings. The molecule has 21 heavy (non-hydrogen) atoms. The van der Waals surface area contributed by atoms with Gasteiger partial charge in [0.25, 0.3) is 0 Å². The van der Waals surface area contributed by atoms with Crippen LogP contribution in [0.25, 0.3) is 0 Å². The highest BCUT2D eigenvalue weighted by molar-refractivity contribution is 8.00. The van der Waals surface area contributed by atoms with E-state index >= 15 is 0 Å². The molecule has 0 spiro atoms. The van der Waals surface area contributed by atoms with Crippen LogP contribution in [0, 0.1) is 5.82 Å². The second kappa shape index (κ2) is 7.48. The fraction of sp³-hybridized carbons (Fsp3) is 0.188. The number of Topliss-reactive ketones (excluding diaryl/α,β-unsaturated/α-hetero) is 1. The van der Waals surface area contributed by atoms with Crippen LogP contribution in [0.2, 0.25) is 5.02 Å². The number of hydrogen-bond acceptors (Lipinski definition) is 3. The number of carbonyl (C=O) groups excluding carboxylic acids is 1. The molecule has 0 amide bonds. The number of thioether (sulfide) groups is 1. The maximum Gasteiger partial charge on any atom is 0.147 e. The molecule has 2 rings (SSSR count). The summed E-state index contributed by atoms with van der Waals surface area (Å²) in [6, 6.07) is 11.3. The number of carbonyl (C=O) groups is 1. The van der Waals surface area contributed by atoms with Crippen LogP contribution in [0.4, 0.5) is 4.39 Å². The van der Waals surface area contributed by atoms with Gasteiger partial charge in [-0.15, -0.1) is 11.8 Å². The van der Waals surface area contributed by atoms with Gasteiger partial charge in [0.05, 0.1) is 12.9 Å². The molecular weight excluding hydrogens is 311 g/mol. The Hall–Kier alpha value is -1.52. The number of benzene rings is 2. The van der Waals surface area contributed by atoms with E-state index in [1.807, 2.05) is 0 Å². The Morgan fingerprint density at radius 1 is 1.24 bits per heavy atom. The monoisotopic (exact) mass is 324 g/mol. The molecule has 0 atom stereocenters. The van der Waals surface area contributed by atoms with Gasteiger partial charge in [-0.1, -0.05) is 11.6 Å². The molecule has 0 N–H and O–H groups in total. The van der Waals surface area contributed by atoms with Crippen LogP contribution in [0.5, 0.6) is 5.75 Å². The van der Waals surface area contributed by atoms with Gasteiger partial charge in [-0.05, 0) is 42.5 Å². The number of hydrogen-bond donors (Lipinski definition) is 0. The van der Waals surface area contributed by atoms with Crippen LogP contribution in [-0.2, 0) is 11.2 Å². The lowest BCUT2D eigenvalue weighted by Gasteiger charge is -2.08. The summed E-state index contributed by atoms with van der Waals surface area (Å²) < 4.78 is 18.0. The summed E-state index contributed by atoms with van der Waals surface area (Å²) in [7, 11) is 1.56. The van der Waals surface area contributed by atoms with Gasteiger partial charge >= 0.3 is 0 Å². The third kappa shape index (κ3) is 4.76. The Labute approximate surface area is 132 Å². The first-order valence-corrected chi connectivity index (χ1v) is 7.67. The van der Waals surface area contributed by atoms with Crippen molar-refractivity contribution < 1.29 is 13.9 Å². The van der Waals surface area contributed by atoms with Crippen molar-refractivity contribution in [1.82, 2.24) is 0 Å². The molecule has 0 saturated heterocycles. The van der Waals surface area contributed by atoms with Crippen molar-refractivity contribution in [1.29, 1.82) is 0 Å². The summed E-state index contributed by atoms with van der Waals surface area (Å²) in [5.41, 5.74) is 0.773. The molecule has 2 nitrogen and oxygen atoms in total. The predicted molar refractivity (Wildman–Crippen MR) is 83.8 cm³/mol. The van der Waals surface area contributed by atoms with Crippen LogP contribution >= 0.6 is 23.4 Å². The molecule has 0 unspecified atom stereocenters. The van der Waals surface area contributed by atoms with Crippen LogP contribution in [-0.4, -0.2) is 18.6 Å². The molecule has 0 fully saturated rings. The van der Waals surface area contributed by atoms with Crippen LogP contribution in [0.1, 0.15) is 5.56 Å². The van der Waals surface area contributed by atoms with E-state index in [9.17, 15) is 9.18 Å². The maximum absolute atomic E-state index is 12.8. The SMILES string of the molecule is COc1ccc(Cl)cc1CC(=O)CSc1ccc(F)cc1. The lowest BCUT2D eigenvalue weighted by molar-refractivity contribution is -0.116. The zero-order valence-electron chi connectivity index (χ0n) is 11.4. The lowest BCUT2D eigenvalue weighted by Crippen LogP contribution is -2.07.